The Bertz CT molecular complexity index is 3770. The molecule has 0 fully saturated rings. The fraction of sp³-hybridized carbons (Fsp3) is 0.189. The first-order valence-corrected chi connectivity index (χ1v) is 26.9. The van der Waals surface area contributed by atoms with Gasteiger partial charge >= 0.3 is 0 Å². The lowest BCUT2D eigenvalue weighted by Crippen LogP contribution is -2.29. The fourth-order valence-electron chi connectivity index (χ4n) is 14.2. The monoisotopic (exact) mass is 953 g/mol. The Kier molecular flexibility index (Phi) is 10.7. The predicted octanol–water partition coefficient (Wildman–Crippen LogP) is 18.1. The molecule has 0 heterocycles. The van der Waals surface area contributed by atoms with Crippen LogP contribution < -0.4 is 0 Å². The molecular formula is C74H64. The highest BCUT2D eigenvalue weighted by molar-refractivity contribution is 5.90. The summed E-state index contributed by atoms with van der Waals surface area (Å²) in [6.07, 6.45) is 2.84. The molecule has 2 atom stereocenters. The maximum absolute atomic E-state index is 2.53. The molecule has 0 N–H and O–H groups in total. The van der Waals surface area contributed by atoms with Crippen molar-refractivity contribution in [3.63, 3.8) is 0 Å². The minimum absolute atomic E-state index is 0.00692. The standard InChI is InChI=1S/C74H64/c1-48-32-36-56(37-33-48)73(65-30-17-15-27-62(65)69-52(21-19-31-66(69)73)42-43-72(7)64-29-16-14-26-59(64)61-28-18-20-49(2)70(61)72)57-38-34-51(35-39-57)45-53-46-63-60-41-40-58(71(4,5)6)47-68(60)74(67(63)44-50(53)3,54-22-10-8-11-23-54)55-24-12-9-13-25-55/h8-41,44,46-47H,42-43,45H2,1-7H3. The SMILES string of the molecule is Cc1ccc(C2(c3ccc(Cc4cc5c(cc4C)C(c4ccccc4)(c4ccccc4)c4cc(C(C)(C)C)ccc4-5)cc3)c3ccccc3-c3c(CCC4(C)c5ccccc5-c5cccc(C)c54)cccc32)cc1. The van der Waals surface area contributed by atoms with Gasteiger partial charge < -0.3 is 0 Å². The molecule has 3 aliphatic carbocycles. The Morgan fingerprint density at radius 1 is 0.378 bits per heavy atom. The van der Waals surface area contributed by atoms with Crippen LogP contribution in [0.5, 0.6) is 0 Å². The average Bonchev–Trinajstić information content (AvgIpc) is 3.99. The minimum atomic E-state index is -0.488. The van der Waals surface area contributed by atoms with Crippen molar-refractivity contribution in [3.05, 3.63) is 319 Å². The highest BCUT2D eigenvalue weighted by atomic mass is 14.5. The summed E-state index contributed by atoms with van der Waals surface area (Å²) in [5.74, 6) is 0. The van der Waals surface area contributed by atoms with E-state index in [-0.39, 0.29) is 10.8 Å². The maximum atomic E-state index is 2.53. The molecule has 10 aromatic rings. The summed E-state index contributed by atoms with van der Waals surface area (Å²) in [7, 11) is 0. The lowest BCUT2D eigenvalue weighted by Gasteiger charge is -2.35. The van der Waals surface area contributed by atoms with Gasteiger partial charge in [0.25, 0.3) is 0 Å². The third kappa shape index (κ3) is 6.73. The Balaban J connectivity index is 0.915. The number of aryl methyl sites for hydroxylation is 4. The lowest BCUT2D eigenvalue weighted by atomic mass is 9.66. The molecule has 0 saturated carbocycles. The molecule has 0 heteroatoms. The molecule has 0 spiro atoms. The van der Waals surface area contributed by atoms with Gasteiger partial charge in [0.1, 0.15) is 0 Å². The summed E-state index contributed by atoms with van der Waals surface area (Å²) in [5.41, 5.74) is 30.3. The molecule has 0 amide bonds. The van der Waals surface area contributed by atoms with Crippen molar-refractivity contribution < 1.29 is 0 Å². The van der Waals surface area contributed by atoms with E-state index in [4.69, 9.17) is 0 Å². The molecule has 0 bridgehead atoms. The van der Waals surface area contributed by atoms with Crippen molar-refractivity contribution in [3.8, 4) is 33.4 Å². The van der Waals surface area contributed by atoms with Crippen LogP contribution in [0.4, 0.5) is 0 Å². The molecule has 74 heavy (non-hydrogen) atoms. The quantitative estimate of drug-likeness (QED) is 0.135. The zero-order valence-electron chi connectivity index (χ0n) is 44.0. The third-order valence-electron chi connectivity index (χ3n) is 17.8. The van der Waals surface area contributed by atoms with Gasteiger partial charge in [-0.05, 0) is 168 Å². The van der Waals surface area contributed by atoms with Crippen molar-refractivity contribution >= 4 is 0 Å². The van der Waals surface area contributed by atoms with Gasteiger partial charge in [-0.25, -0.2) is 0 Å². The summed E-state index contributed by atoms with van der Waals surface area (Å²) in [4.78, 5) is 0. The van der Waals surface area contributed by atoms with Gasteiger partial charge in [0, 0.05) is 5.41 Å². The normalized spacial score (nSPS) is 17.5. The topological polar surface area (TPSA) is 0 Å². The Labute approximate surface area is 439 Å². The van der Waals surface area contributed by atoms with E-state index in [0.29, 0.717) is 0 Å². The van der Waals surface area contributed by atoms with Crippen LogP contribution in [0.25, 0.3) is 33.4 Å². The van der Waals surface area contributed by atoms with E-state index in [1.807, 2.05) is 0 Å². The van der Waals surface area contributed by atoms with E-state index >= 15 is 0 Å². The summed E-state index contributed by atoms with van der Waals surface area (Å²) in [5, 5.41) is 0. The first kappa shape index (κ1) is 46.0. The van der Waals surface area contributed by atoms with Crippen LogP contribution in [-0.4, -0.2) is 0 Å². The average molecular weight is 953 g/mol. The van der Waals surface area contributed by atoms with E-state index < -0.39 is 10.8 Å². The molecular weight excluding hydrogens is 889 g/mol. The smallest absolute Gasteiger partial charge is 0.0622 e. The molecule has 13 rings (SSSR count). The summed E-state index contributed by atoms with van der Waals surface area (Å²) >= 11 is 0. The molecule has 0 aromatic heterocycles. The summed E-state index contributed by atoms with van der Waals surface area (Å²) in [6.45, 7) is 16.3. The van der Waals surface area contributed by atoms with E-state index in [9.17, 15) is 0 Å². The number of benzene rings is 10. The van der Waals surface area contributed by atoms with E-state index in [2.05, 4.69) is 273 Å². The molecule has 0 saturated heterocycles. The Morgan fingerprint density at radius 2 is 0.919 bits per heavy atom. The van der Waals surface area contributed by atoms with Crippen molar-refractivity contribution in [1.82, 2.24) is 0 Å². The highest BCUT2D eigenvalue weighted by Crippen LogP contribution is 2.60. The Morgan fingerprint density at radius 3 is 1.61 bits per heavy atom. The number of rotatable bonds is 9. The van der Waals surface area contributed by atoms with Crippen LogP contribution in [0, 0.1) is 20.8 Å². The van der Waals surface area contributed by atoms with Crippen LogP contribution >= 0.6 is 0 Å². The Hall–Kier alpha value is -7.80. The number of fused-ring (bicyclic) bond motifs is 9. The molecule has 10 aromatic carbocycles. The van der Waals surface area contributed by atoms with Gasteiger partial charge in [-0.3, -0.25) is 0 Å². The van der Waals surface area contributed by atoms with Crippen molar-refractivity contribution in [2.24, 2.45) is 0 Å². The second-order valence-electron chi connectivity index (χ2n) is 23.1. The van der Waals surface area contributed by atoms with Crippen molar-refractivity contribution in [2.75, 3.05) is 0 Å². The molecule has 0 nitrogen and oxygen atoms in total. The number of hydrogen-bond acceptors (Lipinski definition) is 0. The molecule has 3 aliphatic rings. The first-order valence-electron chi connectivity index (χ1n) is 26.9. The second kappa shape index (κ2) is 17.1. The second-order valence-corrected chi connectivity index (χ2v) is 23.1. The first-order chi connectivity index (χ1) is 35.9. The van der Waals surface area contributed by atoms with Gasteiger partial charge in [-0.1, -0.05) is 258 Å². The predicted molar refractivity (Wildman–Crippen MR) is 310 cm³/mol. The molecule has 0 radical (unpaired) electrons. The number of hydrogen-bond donors (Lipinski definition) is 0. The van der Waals surface area contributed by atoms with Crippen LogP contribution in [0.1, 0.15) is 129 Å². The van der Waals surface area contributed by atoms with Crippen LogP contribution in [-0.2, 0) is 34.5 Å². The van der Waals surface area contributed by atoms with E-state index in [1.54, 1.807) is 0 Å². The summed E-state index contributed by atoms with van der Waals surface area (Å²) < 4.78 is 0. The maximum Gasteiger partial charge on any atom is 0.0713 e. The van der Waals surface area contributed by atoms with Gasteiger partial charge in [0.15, 0.2) is 0 Å². The zero-order valence-corrected chi connectivity index (χ0v) is 44.0. The van der Waals surface area contributed by atoms with Crippen molar-refractivity contribution in [2.45, 2.75) is 89.4 Å². The molecule has 2 unspecified atom stereocenters. The molecule has 0 aliphatic heterocycles. The van der Waals surface area contributed by atoms with Crippen LogP contribution in [0.3, 0.4) is 0 Å². The fourth-order valence-corrected chi connectivity index (χ4v) is 14.2. The minimum Gasteiger partial charge on any atom is -0.0622 e. The highest BCUT2D eigenvalue weighted by Gasteiger charge is 2.49. The summed E-state index contributed by atoms with van der Waals surface area (Å²) in [6, 6.07) is 86.4. The van der Waals surface area contributed by atoms with Gasteiger partial charge in [0.05, 0.1) is 10.8 Å². The van der Waals surface area contributed by atoms with Crippen LogP contribution in [0.2, 0.25) is 0 Å². The van der Waals surface area contributed by atoms with Gasteiger partial charge in [0.2, 0.25) is 0 Å². The largest absolute Gasteiger partial charge is 0.0713 e. The zero-order chi connectivity index (χ0) is 50.6. The van der Waals surface area contributed by atoms with Gasteiger partial charge in [-0.15, -0.1) is 0 Å². The van der Waals surface area contributed by atoms with Crippen LogP contribution in [0.15, 0.2) is 224 Å². The lowest BCUT2D eigenvalue weighted by molar-refractivity contribution is 0.530. The van der Waals surface area contributed by atoms with Gasteiger partial charge in [-0.2, -0.15) is 0 Å². The third-order valence-corrected chi connectivity index (χ3v) is 17.8. The van der Waals surface area contributed by atoms with E-state index in [0.717, 1.165) is 19.3 Å². The van der Waals surface area contributed by atoms with E-state index in [1.165, 1.54) is 128 Å². The molecule has 360 valence electrons. The van der Waals surface area contributed by atoms with Crippen molar-refractivity contribution in [1.29, 1.82) is 0 Å².